The van der Waals surface area contributed by atoms with Gasteiger partial charge in [-0.3, -0.25) is 9.59 Å². The fourth-order valence-corrected chi connectivity index (χ4v) is 2.71. The van der Waals surface area contributed by atoms with Crippen LogP contribution in [-0.2, 0) is 18.4 Å². The van der Waals surface area contributed by atoms with Gasteiger partial charge in [0, 0.05) is 30.7 Å². The van der Waals surface area contributed by atoms with E-state index in [1.165, 1.54) is 0 Å². The molecule has 0 spiro atoms. The number of fused-ring (bicyclic) bond motifs is 1. The molecule has 0 saturated heterocycles. The molecule has 4 heteroatoms. The van der Waals surface area contributed by atoms with Gasteiger partial charge in [0.25, 0.3) is 11.7 Å². The molecule has 116 valence electrons. The molecule has 0 aliphatic heterocycles. The number of rotatable bonds is 4. The maximum absolute atomic E-state index is 12.5. The Morgan fingerprint density at radius 2 is 1.74 bits per heavy atom. The number of hydrogen-bond donors (Lipinski definition) is 1. The lowest BCUT2D eigenvalue weighted by Gasteiger charge is -2.07. The molecule has 0 aliphatic carbocycles. The number of Topliss-reactive ketones (excluding diaryl/α,β-unsaturated/α-hetero) is 1. The number of amides is 1. The molecule has 0 fully saturated rings. The van der Waals surface area contributed by atoms with Crippen molar-refractivity contribution in [2.24, 2.45) is 7.05 Å². The molecule has 3 rings (SSSR count). The van der Waals surface area contributed by atoms with E-state index in [-0.39, 0.29) is 0 Å². The zero-order valence-electron chi connectivity index (χ0n) is 13.2. The normalized spacial score (nSPS) is 10.7. The second kappa shape index (κ2) is 6.08. The lowest BCUT2D eigenvalue weighted by Crippen LogP contribution is -2.30. The Labute approximate surface area is 134 Å². The van der Waals surface area contributed by atoms with Crippen LogP contribution in [0.2, 0.25) is 0 Å². The van der Waals surface area contributed by atoms with Crippen molar-refractivity contribution in [1.82, 2.24) is 9.88 Å². The first-order valence-electron chi connectivity index (χ1n) is 7.49. The molecule has 1 amide bonds. The Morgan fingerprint density at radius 3 is 2.52 bits per heavy atom. The van der Waals surface area contributed by atoms with Crippen LogP contribution in [0.3, 0.4) is 0 Å². The van der Waals surface area contributed by atoms with Crippen molar-refractivity contribution in [1.29, 1.82) is 0 Å². The molecule has 0 aliphatic rings. The van der Waals surface area contributed by atoms with E-state index in [1.54, 1.807) is 6.20 Å². The van der Waals surface area contributed by atoms with E-state index in [4.69, 9.17) is 0 Å². The van der Waals surface area contributed by atoms with Crippen LogP contribution < -0.4 is 5.32 Å². The van der Waals surface area contributed by atoms with E-state index < -0.39 is 11.7 Å². The molecule has 0 radical (unpaired) electrons. The summed E-state index contributed by atoms with van der Waals surface area (Å²) in [6.45, 7) is 2.33. The highest BCUT2D eigenvalue weighted by molar-refractivity contribution is 6.44. The number of hydrogen-bond acceptors (Lipinski definition) is 2. The molecule has 1 N–H and O–H groups in total. The number of nitrogens with one attached hydrogen (secondary N) is 1. The highest BCUT2D eigenvalue weighted by Gasteiger charge is 2.20. The van der Waals surface area contributed by atoms with Gasteiger partial charge in [-0.05, 0) is 24.1 Å². The standard InChI is InChI=1S/C19H18N2O2/c1-13-7-3-4-8-14(13)11-20-19(23)18(22)16-12-21(2)17-10-6-5-9-15(16)17/h3-10,12H,11H2,1-2H3,(H,20,23). The van der Waals surface area contributed by atoms with Crippen LogP contribution in [0.25, 0.3) is 10.9 Å². The zero-order valence-corrected chi connectivity index (χ0v) is 13.2. The number of nitrogens with zero attached hydrogens (tertiary/aromatic N) is 1. The van der Waals surface area contributed by atoms with Crippen LogP contribution >= 0.6 is 0 Å². The topological polar surface area (TPSA) is 51.1 Å². The molecular weight excluding hydrogens is 288 g/mol. The molecule has 4 nitrogen and oxygen atoms in total. The second-order valence-corrected chi connectivity index (χ2v) is 5.61. The van der Waals surface area contributed by atoms with E-state index in [0.29, 0.717) is 12.1 Å². The largest absolute Gasteiger partial charge is 0.350 e. The lowest BCUT2D eigenvalue weighted by molar-refractivity contribution is -0.117. The Balaban J connectivity index is 1.79. The first kappa shape index (κ1) is 15.0. The van der Waals surface area contributed by atoms with Crippen LogP contribution in [0.4, 0.5) is 0 Å². The minimum Gasteiger partial charge on any atom is -0.350 e. The van der Waals surface area contributed by atoms with Crippen LogP contribution in [-0.4, -0.2) is 16.3 Å². The Bertz CT molecular complexity index is 893. The van der Waals surface area contributed by atoms with Gasteiger partial charge in [0.1, 0.15) is 0 Å². The van der Waals surface area contributed by atoms with Crippen LogP contribution in [0, 0.1) is 6.92 Å². The van der Waals surface area contributed by atoms with E-state index in [1.807, 2.05) is 67.1 Å². The number of benzene rings is 2. The predicted molar refractivity (Wildman–Crippen MR) is 90.3 cm³/mol. The van der Waals surface area contributed by atoms with Gasteiger partial charge in [0.05, 0.1) is 5.56 Å². The Hall–Kier alpha value is -2.88. The minimum absolute atomic E-state index is 0.349. The van der Waals surface area contributed by atoms with E-state index in [0.717, 1.165) is 22.0 Å². The maximum atomic E-state index is 12.5. The highest BCUT2D eigenvalue weighted by Crippen LogP contribution is 2.20. The number of para-hydroxylation sites is 1. The van der Waals surface area contributed by atoms with Gasteiger partial charge in [0.15, 0.2) is 0 Å². The first-order chi connectivity index (χ1) is 11.1. The van der Waals surface area contributed by atoms with Crippen molar-refractivity contribution < 1.29 is 9.59 Å². The summed E-state index contributed by atoms with van der Waals surface area (Å²) >= 11 is 0. The molecule has 1 heterocycles. The smallest absolute Gasteiger partial charge is 0.292 e. The molecule has 0 bridgehead atoms. The van der Waals surface area contributed by atoms with E-state index in [2.05, 4.69) is 5.32 Å². The van der Waals surface area contributed by atoms with Crippen molar-refractivity contribution in [2.75, 3.05) is 0 Å². The molecule has 0 saturated carbocycles. The summed E-state index contributed by atoms with van der Waals surface area (Å²) in [7, 11) is 1.87. The van der Waals surface area contributed by atoms with Crippen molar-refractivity contribution in [2.45, 2.75) is 13.5 Å². The fraction of sp³-hybridized carbons (Fsp3) is 0.158. The van der Waals surface area contributed by atoms with E-state index in [9.17, 15) is 9.59 Å². The maximum Gasteiger partial charge on any atom is 0.292 e. The molecule has 3 aromatic rings. The third-order valence-electron chi connectivity index (χ3n) is 4.05. The van der Waals surface area contributed by atoms with Gasteiger partial charge in [-0.2, -0.15) is 0 Å². The summed E-state index contributed by atoms with van der Waals surface area (Å²) in [5.41, 5.74) is 3.46. The quantitative estimate of drug-likeness (QED) is 0.595. The van der Waals surface area contributed by atoms with Crippen molar-refractivity contribution in [3.05, 3.63) is 71.4 Å². The van der Waals surface area contributed by atoms with E-state index >= 15 is 0 Å². The molecule has 0 unspecified atom stereocenters. The third-order valence-corrected chi connectivity index (χ3v) is 4.05. The van der Waals surface area contributed by atoms with Crippen LogP contribution in [0.1, 0.15) is 21.5 Å². The van der Waals surface area contributed by atoms with Crippen LogP contribution in [0.5, 0.6) is 0 Å². The monoisotopic (exact) mass is 306 g/mol. The minimum atomic E-state index is -0.579. The first-order valence-corrected chi connectivity index (χ1v) is 7.49. The summed E-state index contributed by atoms with van der Waals surface area (Å²) < 4.78 is 1.86. The predicted octanol–water partition coefficient (Wildman–Crippen LogP) is 2.99. The Morgan fingerprint density at radius 1 is 1.04 bits per heavy atom. The van der Waals surface area contributed by atoms with Crippen molar-refractivity contribution in [3.63, 3.8) is 0 Å². The average Bonchev–Trinajstić information content (AvgIpc) is 2.90. The van der Waals surface area contributed by atoms with Crippen LogP contribution in [0.15, 0.2) is 54.7 Å². The summed E-state index contributed by atoms with van der Waals surface area (Å²) in [6, 6.07) is 15.3. The zero-order chi connectivity index (χ0) is 16.4. The average molecular weight is 306 g/mol. The molecular formula is C19H18N2O2. The SMILES string of the molecule is Cc1ccccc1CNC(=O)C(=O)c1cn(C)c2ccccc12. The summed E-state index contributed by atoms with van der Waals surface area (Å²) in [5, 5.41) is 3.51. The Kier molecular flexibility index (Phi) is 3.98. The summed E-state index contributed by atoms with van der Waals surface area (Å²) in [5.74, 6) is -1.08. The second-order valence-electron chi connectivity index (χ2n) is 5.61. The van der Waals surface area contributed by atoms with Gasteiger partial charge < -0.3 is 9.88 Å². The highest BCUT2D eigenvalue weighted by atomic mass is 16.2. The number of aromatic nitrogens is 1. The summed E-state index contributed by atoms with van der Waals surface area (Å²) in [4.78, 5) is 24.7. The van der Waals surface area contributed by atoms with Gasteiger partial charge in [-0.1, -0.05) is 42.5 Å². The van der Waals surface area contributed by atoms with Crippen molar-refractivity contribution >= 4 is 22.6 Å². The van der Waals surface area contributed by atoms with Gasteiger partial charge in [-0.15, -0.1) is 0 Å². The van der Waals surface area contributed by atoms with Gasteiger partial charge >= 0.3 is 0 Å². The number of carbonyl (C=O) groups excluding carboxylic acids is 2. The number of carbonyl (C=O) groups is 2. The molecule has 23 heavy (non-hydrogen) atoms. The fourth-order valence-electron chi connectivity index (χ4n) is 2.71. The summed E-state index contributed by atoms with van der Waals surface area (Å²) in [6.07, 6.45) is 1.71. The molecule has 0 atom stereocenters. The lowest BCUT2D eigenvalue weighted by atomic mass is 10.1. The van der Waals surface area contributed by atoms with Gasteiger partial charge in [-0.25, -0.2) is 0 Å². The van der Waals surface area contributed by atoms with Gasteiger partial charge in [0.2, 0.25) is 0 Å². The number of aryl methyl sites for hydroxylation is 2. The molecule has 2 aromatic carbocycles. The van der Waals surface area contributed by atoms with Crippen molar-refractivity contribution in [3.8, 4) is 0 Å². The molecule has 1 aromatic heterocycles. The third kappa shape index (κ3) is 2.88. The number of ketones is 1.